The largest absolute Gasteiger partial charge is 0.494 e. The summed E-state index contributed by atoms with van der Waals surface area (Å²) >= 11 is 0. The van der Waals surface area contributed by atoms with Crippen molar-refractivity contribution in [2.45, 2.75) is 45.3 Å². The van der Waals surface area contributed by atoms with Gasteiger partial charge in [0, 0.05) is 53.9 Å². The van der Waals surface area contributed by atoms with Crippen molar-refractivity contribution in [2.75, 3.05) is 13.7 Å². The van der Waals surface area contributed by atoms with Crippen molar-refractivity contribution in [3.8, 4) is 28.4 Å². The number of rotatable bonds is 6. The standard InChI is InChI=1S/C37H32N6O3/c1-17-29(40-43-15-22(11-28(46-2)30(17)43)35(45)42-16-24-31-36-12-27(42)32(36)37(24,31)36)26-10-20-7-8-25(39-33(20)41(26)14-18-3-4-18)19-5-6-21-13-38-34(44)23(21)9-19/h5-11,15,18,24,27,31-32H,3-4,12-14,16H2,1-2H3,(H,38,44)/t24?,27?,31?,32-,36?,37?/m0/s1. The first-order chi connectivity index (χ1) is 22.4. The molecule has 0 radical (unpaired) electrons. The zero-order valence-electron chi connectivity index (χ0n) is 25.7. The molecule has 4 aromatic heterocycles. The van der Waals surface area contributed by atoms with Crippen molar-refractivity contribution in [3.05, 3.63) is 70.9 Å². The van der Waals surface area contributed by atoms with Gasteiger partial charge in [-0.3, -0.25) is 9.59 Å². The Bertz CT molecular complexity index is 2310. The highest BCUT2D eigenvalue weighted by molar-refractivity contribution is 6.00. The highest BCUT2D eigenvalue weighted by Crippen LogP contribution is 3.18. The smallest absolute Gasteiger partial charge is 0.255 e. The first-order valence-corrected chi connectivity index (χ1v) is 16.7. The number of carbonyl (C=O) groups excluding carboxylic acids is 2. The zero-order chi connectivity index (χ0) is 30.4. The molecule has 6 atom stereocenters. The number of nitrogens with zero attached hydrogens (tertiary/aromatic N) is 5. The molecule has 1 N–H and O–H groups in total. The maximum atomic E-state index is 14.0. The minimum Gasteiger partial charge on any atom is -0.494 e. The molecule has 5 aliphatic carbocycles. The summed E-state index contributed by atoms with van der Waals surface area (Å²) in [7, 11) is 1.68. The summed E-state index contributed by atoms with van der Waals surface area (Å²) in [6.07, 6.45) is 5.56. The van der Waals surface area contributed by atoms with Crippen LogP contribution in [0.2, 0.25) is 0 Å². The van der Waals surface area contributed by atoms with Gasteiger partial charge in [-0.2, -0.15) is 5.10 Å². The molecule has 228 valence electrons. The maximum absolute atomic E-state index is 14.0. The van der Waals surface area contributed by atoms with Crippen LogP contribution in [0.4, 0.5) is 0 Å². The summed E-state index contributed by atoms with van der Waals surface area (Å²) in [5.74, 6) is 3.87. The van der Waals surface area contributed by atoms with Crippen molar-refractivity contribution in [1.29, 1.82) is 0 Å². The van der Waals surface area contributed by atoms with E-state index in [0.717, 1.165) is 86.7 Å². The number of nitrogens with one attached hydrogen (secondary N) is 1. The topological polar surface area (TPSA) is 93.8 Å². The Labute approximate surface area is 264 Å². The lowest BCUT2D eigenvalue weighted by Crippen LogP contribution is -2.49. The number of hydrogen-bond acceptors (Lipinski definition) is 5. The van der Waals surface area contributed by atoms with Crippen molar-refractivity contribution in [2.24, 2.45) is 34.5 Å². The molecule has 5 saturated carbocycles. The Morgan fingerprint density at radius 3 is 2.87 bits per heavy atom. The Morgan fingerprint density at radius 1 is 1.13 bits per heavy atom. The van der Waals surface area contributed by atoms with Crippen molar-refractivity contribution in [3.63, 3.8) is 0 Å². The third-order valence-electron chi connectivity index (χ3n) is 13.3. The molecule has 6 heterocycles. The fourth-order valence-corrected chi connectivity index (χ4v) is 11.0. The molecule has 12 rings (SSSR count). The molecule has 5 unspecified atom stereocenters. The van der Waals surface area contributed by atoms with Gasteiger partial charge in [-0.15, -0.1) is 0 Å². The molecule has 9 heteroatoms. The molecule has 5 aromatic rings. The lowest BCUT2D eigenvalue weighted by molar-refractivity contribution is 0.0453. The van der Waals surface area contributed by atoms with Gasteiger partial charge < -0.3 is 19.5 Å². The summed E-state index contributed by atoms with van der Waals surface area (Å²) in [5, 5.41) is 9.11. The lowest BCUT2D eigenvalue weighted by atomic mass is 9.78. The summed E-state index contributed by atoms with van der Waals surface area (Å²) in [6.45, 7) is 4.47. The van der Waals surface area contributed by atoms with Gasteiger partial charge in [0.15, 0.2) is 0 Å². The molecule has 2 spiro atoms. The van der Waals surface area contributed by atoms with E-state index in [0.29, 0.717) is 40.6 Å². The maximum Gasteiger partial charge on any atom is 0.255 e. The van der Waals surface area contributed by atoms with Gasteiger partial charge >= 0.3 is 0 Å². The number of amides is 2. The number of carbonyl (C=O) groups is 2. The zero-order valence-corrected chi connectivity index (χ0v) is 25.7. The first-order valence-electron chi connectivity index (χ1n) is 16.7. The van der Waals surface area contributed by atoms with E-state index in [4.69, 9.17) is 14.8 Å². The molecule has 46 heavy (non-hydrogen) atoms. The molecular weight excluding hydrogens is 576 g/mol. The molecule has 9 nitrogen and oxygen atoms in total. The predicted molar refractivity (Wildman–Crippen MR) is 169 cm³/mol. The van der Waals surface area contributed by atoms with Crippen molar-refractivity contribution < 1.29 is 14.3 Å². The summed E-state index contributed by atoms with van der Waals surface area (Å²) in [4.78, 5) is 33.7. The summed E-state index contributed by atoms with van der Waals surface area (Å²) < 4.78 is 10.1. The molecule has 2 amide bonds. The van der Waals surface area contributed by atoms with Crippen molar-refractivity contribution >= 4 is 28.4 Å². The fraction of sp³-hybridized carbons (Fsp3) is 0.405. The molecule has 7 aliphatic rings. The number of pyridine rings is 2. The van der Waals surface area contributed by atoms with Gasteiger partial charge in [-0.25, -0.2) is 9.50 Å². The second kappa shape index (κ2) is 7.48. The van der Waals surface area contributed by atoms with E-state index in [-0.39, 0.29) is 11.8 Å². The average molecular weight is 609 g/mol. The Hall–Kier alpha value is -4.66. The second-order valence-electron chi connectivity index (χ2n) is 15.1. The van der Waals surface area contributed by atoms with Crippen LogP contribution in [0.1, 0.15) is 51.1 Å². The molecule has 0 bridgehead atoms. The van der Waals surface area contributed by atoms with E-state index in [1.807, 2.05) is 35.0 Å². The average Bonchev–Trinajstić information content (AvgIpc) is 4.01. The fourth-order valence-electron chi connectivity index (χ4n) is 11.0. The van der Waals surface area contributed by atoms with Crippen LogP contribution < -0.4 is 10.1 Å². The molecule has 1 aromatic carbocycles. The minimum atomic E-state index is -0.0267. The van der Waals surface area contributed by atoms with Gasteiger partial charge in [0.2, 0.25) is 0 Å². The number of fused-ring (bicyclic) bond motifs is 4. The van der Waals surface area contributed by atoms with E-state index in [1.54, 1.807) is 7.11 Å². The first kappa shape index (κ1) is 24.6. The quantitative estimate of drug-likeness (QED) is 0.290. The number of aromatic nitrogens is 4. The van der Waals surface area contributed by atoms with E-state index in [2.05, 4.69) is 39.9 Å². The van der Waals surface area contributed by atoms with Crippen molar-refractivity contribution in [1.82, 2.24) is 29.4 Å². The Kier molecular flexibility index (Phi) is 3.99. The number of aryl methyl sites for hydroxylation is 1. The normalized spacial score (nSPS) is 31.7. The van der Waals surface area contributed by atoms with Crippen LogP contribution >= 0.6 is 0 Å². The van der Waals surface area contributed by atoms with E-state index >= 15 is 0 Å². The highest BCUT2D eigenvalue weighted by atomic mass is 16.5. The number of benzene rings is 1. The Morgan fingerprint density at radius 2 is 2.02 bits per heavy atom. The monoisotopic (exact) mass is 608 g/mol. The van der Waals surface area contributed by atoms with Crippen LogP contribution in [0.3, 0.4) is 0 Å². The van der Waals surface area contributed by atoms with Crippen LogP contribution in [0.5, 0.6) is 5.75 Å². The molecule has 1 saturated heterocycles. The Balaban J connectivity index is 0.963. The van der Waals surface area contributed by atoms with Crippen LogP contribution in [0, 0.1) is 41.4 Å². The molecule has 2 aliphatic heterocycles. The second-order valence-corrected chi connectivity index (χ2v) is 15.1. The van der Waals surface area contributed by atoms with E-state index < -0.39 is 0 Å². The highest BCUT2D eigenvalue weighted by Gasteiger charge is 3.18. The van der Waals surface area contributed by atoms with Crippen LogP contribution in [0.15, 0.2) is 48.7 Å². The van der Waals surface area contributed by atoms with Gasteiger partial charge in [0.05, 0.1) is 24.1 Å². The number of piperidine rings is 1. The third kappa shape index (κ3) is 2.59. The molecule has 6 fully saturated rings. The van der Waals surface area contributed by atoms with Gasteiger partial charge in [-0.1, -0.05) is 12.1 Å². The SMILES string of the molecule is COc1cc(C(=O)N2CC3C4C56CC2[C@@H]5C346)cn2nc(-c3cc4ccc(-c5ccc6c(c5)C(=O)NC6)nc4n3CC3CC3)c(C)c12. The predicted octanol–water partition coefficient (Wildman–Crippen LogP) is 5.08. The number of ether oxygens (including phenoxy) is 1. The number of methoxy groups -OCH3 is 1. The van der Waals surface area contributed by atoms with Crippen LogP contribution in [-0.2, 0) is 13.1 Å². The number of hydrogen-bond donors (Lipinski definition) is 1. The van der Waals surface area contributed by atoms with E-state index in [9.17, 15) is 9.59 Å². The van der Waals surface area contributed by atoms with Crippen LogP contribution in [-0.4, -0.2) is 55.6 Å². The lowest BCUT2D eigenvalue weighted by Gasteiger charge is -2.40. The molecular formula is C37H32N6O3. The summed E-state index contributed by atoms with van der Waals surface area (Å²) in [5.41, 5.74) is 10.3. The van der Waals surface area contributed by atoms with Crippen LogP contribution in [0.25, 0.3) is 39.2 Å². The van der Waals surface area contributed by atoms with Gasteiger partial charge in [-0.05, 0) is 96.6 Å². The number of likely N-dealkylation sites (tertiary alicyclic amines) is 1. The third-order valence-corrected chi connectivity index (χ3v) is 13.3. The van der Waals surface area contributed by atoms with E-state index in [1.165, 1.54) is 19.3 Å². The summed E-state index contributed by atoms with van der Waals surface area (Å²) in [6, 6.07) is 14.7. The van der Waals surface area contributed by atoms with Gasteiger partial charge in [0.1, 0.15) is 22.6 Å². The minimum absolute atomic E-state index is 0.0267. The van der Waals surface area contributed by atoms with Gasteiger partial charge in [0.25, 0.3) is 11.8 Å².